The van der Waals surface area contributed by atoms with Crippen molar-refractivity contribution in [2.75, 3.05) is 0 Å². The first-order chi connectivity index (χ1) is 7.83. The zero-order chi connectivity index (χ0) is 11.0. The molecule has 16 heavy (non-hydrogen) atoms. The van der Waals surface area contributed by atoms with Crippen LogP contribution in [0.3, 0.4) is 0 Å². The normalized spacial score (nSPS) is 14.8. The van der Waals surface area contributed by atoms with Crippen molar-refractivity contribution in [3.05, 3.63) is 40.3 Å². The van der Waals surface area contributed by atoms with Gasteiger partial charge in [0.05, 0.1) is 5.69 Å². The van der Waals surface area contributed by atoms with Gasteiger partial charge < -0.3 is 9.97 Å². The van der Waals surface area contributed by atoms with Gasteiger partial charge in [0.1, 0.15) is 0 Å². The second kappa shape index (κ2) is 3.91. The number of rotatable bonds is 1. The second-order valence-electron chi connectivity index (χ2n) is 4.35. The van der Waals surface area contributed by atoms with Crippen LogP contribution >= 0.6 is 12.2 Å². The molecule has 0 bridgehead atoms. The summed E-state index contributed by atoms with van der Waals surface area (Å²) in [5, 5.41) is 0. The molecule has 3 rings (SSSR count). The van der Waals surface area contributed by atoms with Crippen LogP contribution in [0.4, 0.5) is 0 Å². The van der Waals surface area contributed by atoms with Gasteiger partial charge in [-0.3, -0.25) is 0 Å². The predicted molar refractivity (Wildman–Crippen MR) is 68.1 cm³/mol. The summed E-state index contributed by atoms with van der Waals surface area (Å²) in [4.78, 5) is 6.16. The number of fused-ring (bicyclic) bond motifs is 1. The average molecular weight is 230 g/mol. The summed E-state index contributed by atoms with van der Waals surface area (Å²) in [6.45, 7) is 0. The van der Waals surface area contributed by atoms with Crippen LogP contribution in [-0.4, -0.2) is 9.97 Å². The number of benzene rings is 1. The molecule has 0 aliphatic heterocycles. The summed E-state index contributed by atoms with van der Waals surface area (Å²) in [6.07, 6.45) is 7.04. The number of aromatic nitrogens is 2. The third-order valence-electron chi connectivity index (χ3n) is 3.26. The van der Waals surface area contributed by atoms with E-state index in [0.717, 1.165) is 5.69 Å². The molecule has 0 spiro atoms. The summed E-state index contributed by atoms with van der Waals surface area (Å²) >= 11 is 5.04. The van der Waals surface area contributed by atoms with Crippen LogP contribution in [-0.2, 0) is 12.8 Å². The number of aromatic amines is 2. The van der Waals surface area contributed by atoms with Gasteiger partial charge in [-0.25, -0.2) is 0 Å². The van der Waals surface area contributed by atoms with E-state index in [1.165, 1.54) is 42.4 Å². The van der Waals surface area contributed by atoms with Crippen LogP contribution in [0.25, 0.3) is 11.3 Å². The van der Waals surface area contributed by atoms with Crippen LogP contribution in [0, 0.1) is 4.77 Å². The van der Waals surface area contributed by atoms with Gasteiger partial charge in [-0.15, -0.1) is 0 Å². The zero-order valence-electron chi connectivity index (χ0n) is 9.05. The summed E-state index contributed by atoms with van der Waals surface area (Å²) in [6, 6.07) is 6.73. The summed E-state index contributed by atoms with van der Waals surface area (Å²) in [7, 11) is 0. The summed E-state index contributed by atoms with van der Waals surface area (Å²) in [5.41, 5.74) is 5.33. The van der Waals surface area contributed by atoms with Crippen molar-refractivity contribution < 1.29 is 0 Å². The molecule has 1 aliphatic rings. The van der Waals surface area contributed by atoms with Crippen LogP contribution in [0.2, 0.25) is 0 Å². The lowest BCUT2D eigenvalue weighted by Gasteiger charge is -2.16. The van der Waals surface area contributed by atoms with E-state index in [4.69, 9.17) is 12.2 Å². The predicted octanol–water partition coefficient (Wildman–Crippen LogP) is 3.62. The van der Waals surface area contributed by atoms with E-state index in [2.05, 4.69) is 28.2 Å². The molecule has 2 N–H and O–H groups in total. The van der Waals surface area contributed by atoms with Crippen molar-refractivity contribution >= 4 is 12.2 Å². The molecule has 1 heterocycles. The van der Waals surface area contributed by atoms with Gasteiger partial charge in [-0.1, -0.05) is 12.1 Å². The Morgan fingerprint density at radius 3 is 2.62 bits per heavy atom. The van der Waals surface area contributed by atoms with Crippen LogP contribution in [0.5, 0.6) is 0 Å². The lowest BCUT2D eigenvalue weighted by atomic mass is 9.90. The topological polar surface area (TPSA) is 31.6 Å². The monoisotopic (exact) mass is 230 g/mol. The van der Waals surface area contributed by atoms with E-state index < -0.39 is 0 Å². The van der Waals surface area contributed by atoms with Gasteiger partial charge in [0.25, 0.3) is 0 Å². The number of aryl methyl sites for hydroxylation is 2. The van der Waals surface area contributed by atoms with Crippen molar-refractivity contribution in [1.29, 1.82) is 0 Å². The molecule has 3 heteroatoms. The van der Waals surface area contributed by atoms with Gasteiger partial charge in [0.2, 0.25) is 0 Å². The molecule has 2 aromatic rings. The molecule has 1 aromatic heterocycles. The van der Waals surface area contributed by atoms with Crippen molar-refractivity contribution in [2.24, 2.45) is 0 Å². The Bertz CT molecular complexity index is 565. The van der Waals surface area contributed by atoms with E-state index in [1.54, 1.807) is 0 Å². The third-order valence-corrected chi connectivity index (χ3v) is 3.48. The highest BCUT2D eigenvalue weighted by atomic mass is 32.1. The first-order valence-electron chi connectivity index (χ1n) is 5.73. The fourth-order valence-electron chi connectivity index (χ4n) is 2.39. The number of hydrogen-bond donors (Lipinski definition) is 2. The Morgan fingerprint density at radius 2 is 1.88 bits per heavy atom. The van der Waals surface area contributed by atoms with E-state index >= 15 is 0 Å². The maximum absolute atomic E-state index is 5.04. The molecule has 1 aliphatic carbocycles. The molecular weight excluding hydrogens is 216 g/mol. The minimum absolute atomic E-state index is 0.688. The number of H-pyrrole nitrogens is 2. The first kappa shape index (κ1) is 9.85. The highest BCUT2D eigenvalue weighted by Gasteiger charge is 2.10. The fraction of sp³-hybridized carbons (Fsp3) is 0.308. The van der Waals surface area contributed by atoms with Crippen molar-refractivity contribution in [1.82, 2.24) is 9.97 Å². The van der Waals surface area contributed by atoms with E-state index in [0.29, 0.717) is 4.77 Å². The van der Waals surface area contributed by atoms with Gasteiger partial charge in [-0.2, -0.15) is 0 Å². The number of imidazole rings is 1. The molecule has 0 unspecified atom stereocenters. The van der Waals surface area contributed by atoms with Crippen LogP contribution in [0.1, 0.15) is 24.0 Å². The number of hydrogen-bond acceptors (Lipinski definition) is 1. The van der Waals surface area contributed by atoms with Crippen molar-refractivity contribution in [3.63, 3.8) is 0 Å². The van der Waals surface area contributed by atoms with E-state index in [-0.39, 0.29) is 0 Å². The SMILES string of the molecule is S=c1[nH]cc(-c2ccc3c(c2)CCCC3)[nH]1. The highest BCUT2D eigenvalue weighted by Crippen LogP contribution is 2.26. The summed E-state index contributed by atoms with van der Waals surface area (Å²) < 4.78 is 0.688. The van der Waals surface area contributed by atoms with Gasteiger partial charge in [0.15, 0.2) is 4.77 Å². The van der Waals surface area contributed by atoms with Crippen molar-refractivity contribution in [3.8, 4) is 11.3 Å². The Labute approximate surface area is 99.7 Å². The minimum atomic E-state index is 0.688. The molecule has 1 aromatic carbocycles. The fourth-order valence-corrected chi connectivity index (χ4v) is 2.56. The van der Waals surface area contributed by atoms with Crippen LogP contribution < -0.4 is 0 Å². The van der Waals surface area contributed by atoms with E-state index in [9.17, 15) is 0 Å². The third kappa shape index (κ3) is 1.71. The minimum Gasteiger partial charge on any atom is -0.337 e. The molecule has 0 fully saturated rings. The van der Waals surface area contributed by atoms with Crippen LogP contribution in [0.15, 0.2) is 24.4 Å². The molecule has 0 atom stereocenters. The standard InChI is InChI=1S/C13H14N2S/c16-13-14-8-12(15-13)11-6-5-9-3-1-2-4-10(9)7-11/h5-8H,1-4H2,(H2,14,15,16). The smallest absolute Gasteiger partial charge is 0.174 e. The second-order valence-corrected chi connectivity index (χ2v) is 4.76. The highest BCUT2D eigenvalue weighted by molar-refractivity contribution is 7.71. The first-order valence-corrected chi connectivity index (χ1v) is 6.13. The summed E-state index contributed by atoms with van der Waals surface area (Å²) in [5.74, 6) is 0. The largest absolute Gasteiger partial charge is 0.337 e. The molecule has 0 saturated heterocycles. The Balaban J connectivity index is 2.06. The molecule has 82 valence electrons. The quantitative estimate of drug-likeness (QED) is 0.720. The Morgan fingerprint density at radius 1 is 1.06 bits per heavy atom. The molecular formula is C13H14N2S. The average Bonchev–Trinajstić information content (AvgIpc) is 2.75. The maximum Gasteiger partial charge on any atom is 0.174 e. The molecule has 0 amide bonds. The Hall–Kier alpha value is -1.35. The molecule has 2 nitrogen and oxygen atoms in total. The molecule has 0 radical (unpaired) electrons. The van der Waals surface area contributed by atoms with Gasteiger partial charge >= 0.3 is 0 Å². The van der Waals surface area contributed by atoms with Gasteiger partial charge in [0, 0.05) is 6.20 Å². The van der Waals surface area contributed by atoms with Gasteiger partial charge in [-0.05, 0) is 60.7 Å². The lowest BCUT2D eigenvalue weighted by Crippen LogP contribution is -2.02. The molecule has 0 saturated carbocycles. The van der Waals surface area contributed by atoms with E-state index in [1.807, 2.05) is 6.20 Å². The Kier molecular flexibility index (Phi) is 2.40. The lowest BCUT2D eigenvalue weighted by molar-refractivity contribution is 0.686. The zero-order valence-corrected chi connectivity index (χ0v) is 9.86. The number of nitrogens with one attached hydrogen (secondary N) is 2. The maximum atomic E-state index is 5.04. The van der Waals surface area contributed by atoms with Crippen molar-refractivity contribution in [2.45, 2.75) is 25.7 Å².